The van der Waals surface area contributed by atoms with Gasteiger partial charge in [0.25, 0.3) is 0 Å². The summed E-state index contributed by atoms with van der Waals surface area (Å²) in [5.41, 5.74) is 4.69. The molecule has 0 saturated heterocycles. The molecule has 3 heteroatoms. The van der Waals surface area contributed by atoms with Crippen molar-refractivity contribution in [1.82, 2.24) is 0 Å². The van der Waals surface area contributed by atoms with E-state index in [0.717, 1.165) is 0 Å². The fourth-order valence-corrected chi connectivity index (χ4v) is 0. The van der Waals surface area contributed by atoms with Gasteiger partial charge < -0.3 is 35.1 Å². The third kappa shape index (κ3) is 15.9. The first-order valence-corrected chi connectivity index (χ1v) is 1.79. The minimum absolute atomic E-state index is 0. The molecule has 0 aliphatic heterocycles. The van der Waals surface area contributed by atoms with Crippen LogP contribution in [0.5, 0.6) is 0 Å². The summed E-state index contributed by atoms with van der Waals surface area (Å²) in [5, 5.41) is 0. The van der Waals surface area contributed by atoms with Crippen molar-refractivity contribution in [3.05, 3.63) is 6.42 Å². The first-order valence-electron chi connectivity index (χ1n) is 1.79. The van der Waals surface area contributed by atoms with Crippen LogP contribution in [0.1, 0.15) is 13.8 Å². The first kappa shape index (κ1) is 15.9. The normalized spacial score (nSPS) is 7.75. The molecule has 0 atom stereocenters. The molecule has 0 aromatic carbocycles. The Morgan fingerprint density at radius 3 is 1.62 bits per heavy atom. The molecule has 1 nitrogen and oxygen atoms in total. The summed E-state index contributed by atoms with van der Waals surface area (Å²) in [7, 11) is 0. The van der Waals surface area contributed by atoms with Crippen LogP contribution in [0.4, 0.5) is 0 Å². The van der Waals surface area contributed by atoms with E-state index in [1.165, 1.54) is 0 Å². The molecule has 0 fully saturated rings. The van der Waals surface area contributed by atoms with Gasteiger partial charge in [-0.05, 0) is 13.8 Å². The van der Waals surface area contributed by atoms with E-state index in [1.54, 1.807) is 13.8 Å². The van der Waals surface area contributed by atoms with Gasteiger partial charge in [-0.2, -0.15) is 0 Å². The largest absolute Gasteiger partial charge is 2.00 e. The summed E-state index contributed by atoms with van der Waals surface area (Å²) < 4.78 is 0. The molecule has 0 aromatic heterocycles. The van der Waals surface area contributed by atoms with Gasteiger partial charge in [0.15, 0.2) is 0 Å². The van der Waals surface area contributed by atoms with Crippen LogP contribution in [0, 0.1) is 12.3 Å². The van der Waals surface area contributed by atoms with Gasteiger partial charge in [0.2, 0.25) is 0 Å². The van der Waals surface area contributed by atoms with Crippen molar-refractivity contribution in [3.63, 3.8) is 0 Å². The van der Waals surface area contributed by atoms with Crippen LogP contribution in [-0.2, 0) is 0 Å². The van der Waals surface area contributed by atoms with Crippen LogP contribution in [0.2, 0.25) is 0 Å². The van der Waals surface area contributed by atoms with E-state index in [1.807, 2.05) is 0 Å². The molecule has 0 aromatic rings. The number of halogens is 1. The molecule has 2 N–H and O–H groups in total. The van der Waals surface area contributed by atoms with Crippen LogP contribution >= 0.6 is 0 Å². The summed E-state index contributed by atoms with van der Waals surface area (Å²) >= 11 is 0. The second-order valence-corrected chi connectivity index (χ2v) is 1.85. The fraction of sp³-hybridized carbons (Fsp3) is 0.600. The van der Waals surface area contributed by atoms with Gasteiger partial charge >= 0.3 is 23.1 Å². The molecule has 0 aliphatic carbocycles. The molecular formula is C5H8BrMgN. The molecule has 0 heterocycles. The average Bonchev–Trinajstić information content (AvgIpc) is 1.35. The van der Waals surface area contributed by atoms with Crippen LogP contribution in [0.25, 0.3) is 0 Å². The zero-order valence-electron chi connectivity index (χ0n) is 5.16. The van der Waals surface area contributed by atoms with Gasteiger partial charge in [-0.15, -0.1) is 0 Å². The van der Waals surface area contributed by atoms with Gasteiger partial charge in [-0.1, -0.05) is 0 Å². The minimum atomic E-state index is -0.542. The monoisotopic (exact) mass is 185 g/mol. The smallest absolute Gasteiger partial charge is 1.00 e. The predicted molar refractivity (Wildman–Crippen MR) is 31.2 cm³/mol. The Morgan fingerprint density at radius 1 is 1.50 bits per heavy atom. The Balaban J connectivity index is -0.000000125. The summed E-state index contributed by atoms with van der Waals surface area (Å²) in [4.78, 5) is 0. The number of hydrogen-bond donors (Lipinski definition) is 1. The van der Waals surface area contributed by atoms with Crippen molar-refractivity contribution in [2.75, 3.05) is 0 Å². The Hall–Kier alpha value is 0.766. The molecular weight excluding hydrogens is 178 g/mol. The molecule has 0 radical (unpaired) electrons. The molecule has 0 aliphatic rings. The summed E-state index contributed by atoms with van der Waals surface area (Å²) in [5.74, 6) is 2.13. The molecule has 0 amide bonds. The van der Waals surface area contributed by atoms with Gasteiger partial charge in [0, 0.05) is 5.54 Å². The third-order valence-corrected chi connectivity index (χ3v) is 0.322. The predicted octanol–water partition coefficient (Wildman–Crippen LogP) is -3.06. The standard InChI is InChI=1S/C5H8N.BrH.Mg/c1-4-5(2,3)6;;/h6H2,2-3H3;1H;/q-1;;+2/p-1. The van der Waals surface area contributed by atoms with Crippen LogP contribution in [0.3, 0.4) is 0 Å². The van der Waals surface area contributed by atoms with E-state index >= 15 is 0 Å². The van der Waals surface area contributed by atoms with E-state index in [2.05, 4.69) is 5.92 Å². The molecule has 0 unspecified atom stereocenters. The van der Waals surface area contributed by atoms with Crippen molar-refractivity contribution in [1.29, 1.82) is 0 Å². The first-order chi connectivity index (χ1) is 2.56. The average molecular weight is 186 g/mol. The molecule has 0 spiro atoms. The summed E-state index contributed by atoms with van der Waals surface area (Å²) in [6.07, 6.45) is 6.48. The topological polar surface area (TPSA) is 26.0 Å². The third-order valence-electron chi connectivity index (χ3n) is 0.322. The van der Waals surface area contributed by atoms with Gasteiger partial charge in [-0.3, -0.25) is 0 Å². The summed E-state index contributed by atoms with van der Waals surface area (Å²) in [6.45, 7) is 3.44. The van der Waals surface area contributed by atoms with Crippen molar-refractivity contribution in [2.45, 2.75) is 19.4 Å². The zero-order valence-corrected chi connectivity index (χ0v) is 8.16. The minimum Gasteiger partial charge on any atom is -1.00 e. The number of rotatable bonds is 0. The number of hydrogen-bond acceptors (Lipinski definition) is 1. The second-order valence-electron chi connectivity index (χ2n) is 1.85. The Morgan fingerprint density at radius 2 is 1.62 bits per heavy atom. The van der Waals surface area contributed by atoms with Crippen molar-refractivity contribution in [2.24, 2.45) is 5.73 Å². The summed E-state index contributed by atoms with van der Waals surface area (Å²) in [6, 6.07) is 0. The zero-order chi connectivity index (χ0) is 5.21. The van der Waals surface area contributed by atoms with Gasteiger partial charge in [0.05, 0.1) is 0 Å². The van der Waals surface area contributed by atoms with Gasteiger partial charge in [-0.25, -0.2) is 0 Å². The van der Waals surface area contributed by atoms with E-state index in [4.69, 9.17) is 12.2 Å². The quantitative estimate of drug-likeness (QED) is 0.243. The maximum atomic E-state index is 6.48. The molecule has 0 rings (SSSR count). The Bertz CT molecular complexity index is 79.4. The maximum absolute atomic E-state index is 6.48. The van der Waals surface area contributed by atoms with Crippen molar-refractivity contribution in [3.8, 4) is 5.92 Å². The Labute approximate surface area is 77.3 Å². The SMILES string of the molecule is [Br-].[C-]#CC(C)(C)N.[Mg+2]. The Kier molecular flexibility index (Phi) is 11.7. The van der Waals surface area contributed by atoms with Crippen LogP contribution in [0.15, 0.2) is 0 Å². The van der Waals surface area contributed by atoms with E-state index in [-0.39, 0.29) is 40.0 Å². The maximum Gasteiger partial charge on any atom is 2.00 e. The molecule has 42 valence electrons. The van der Waals surface area contributed by atoms with Crippen LogP contribution in [-0.4, -0.2) is 28.6 Å². The van der Waals surface area contributed by atoms with Crippen molar-refractivity contribution < 1.29 is 17.0 Å². The molecule has 8 heavy (non-hydrogen) atoms. The number of nitrogens with two attached hydrogens (primary N) is 1. The molecule has 0 bridgehead atoms. The second kappa shape index (κ2) is 5.89. The van der Waals surface area contributed by atoms with E-state index in [0.29, 0.717) is 0 Å². The van der Waals surface area contributed by atoms with Crippen molar-refractivity contribution >= 4 is 23.1 Å². The molecule has 0 saturated carbocycles. The fourth-order valence-electron chi connectivity index (χ4n) is 0. The van der Waals surface area contributed by atoms with E-state index in [9.17, 15) is 0 Å². The van der Waals surface area contributed by atoms with E-state index < -0.39 is 5.54 Å². The van der Waals surface area contributed by atoms with Crippen LogP contribution < -0.4 is 22.7 Å². The van der Waals surface area contributed by atoms with Gasteiger partial charge in [0.1, 0.15) is 0 Å².